The van der Waals surface area contributed by atoms with Gasteiger partial charge in [-0.25, -0.2) is 4.68 Å². The molecule has 0 spiro atoms. The lowest BCUT2D eigenvalue weighted by Gasteiger charge is -2.13. The Bertz CT molecular complexity index is 1080. The first-order chi connectivity index (χ1) is 14.9. The average molecular weight is 467 g/mol. The van der Waals surface area contributed by atoms with Gasteiger partial charge in [0.1, 0.15) is 0 Å². The Morgan fingerprint density at radius 3 is 2.61 bits per heavy atom. The highest BCUT2D eigenvalue weighted by atomic mass is 32.2. The molecule has 1 aliphatic rings. The number of hydrogen-bond donors (Lipinski definition) is 1. The molecule has 7 nitrogen and oxygen atoms in total. The first kappa shape index (κ1) is 21.5. The fourth-order valence-corrected chi connectivity index (χ4v) is 5.85. The van der Waals surface area contributed by atoms with Crippen molar-refractivity contribution in [2.24, 2.45) is 0 Å². The van der Waals surface area contributed by atoms with Crippen LogP contribution in [0.2, 0.25) is 0 Å². The number of benzene rings is 1. The second-order valence-corrected chi connectivity index (χ2v) is 9.13. The van der Waals surface area contributed by atoms with Crippen molar-refractivity contribution >= 4 is 35.1 Å². The molecule has 3 aromatic rings. The van der Waals surface area contributed by atoms with Gasteiger partial charge in [-0.15, -0.1) is 33.7 Å². The average Bonchev–Trinajstić information content (AvgIpc) is 3.44. The molecule has 0 atom stereocenters. The molecular formula is C19H16F3N5O2S2. The third-order valence-corrected chi connectivity index (χ3v) is 7.48. The minimum atomic E-state index is -4.84. The number of carbonyl (C=O) groups is 1. The maximum Gasteiger partial charge on any atom is 0.434 e. The fourth-order valence-electron chi connectivity index (χ4n) is 3.01. The number of halogens is 3. The van der Waals surface area contributed by atoms with Gasteiger partial charge in [0.2, 0.25) is 5.88 Å². The molecule has 12 heteroatoms. The topological polar surface area (TPSA) is 81.9 Å². The van der Waals surface area contributed by atoms with E-state index in [-0.39, 0.29) is 16.3 Å². The lowest BCUT2D eigenvalue weighted by atomic mass is 10.2. The van der Waals surface area contributed by atoms with Crippen molar-refractivity contribution in [1.29, 1.82) is 0 Å². The summed E-state index contributed by atoms with van der Waals surface area (Å²) >= 11 is 3.59. The summed E-state index contributed by atoms with van der Waals surface area (Å²) in [6, 6.07) is 9.75. The first-order valence-electron chi connectivity index (χ1n) is 9.04. The Morgan fingerprint density at radius 1 is 1.19 bits per heavy atom. The molecule has 4 rings (SSSR count). The summed E-state index contributed by atoms with van der Waals surface area (Å²) in [6.07, 6.45) is -3.97. The molecule has 1 fully saturated rings. The zero-order valence-electron chi connectivity index (χ0n) is 16.1. The van der Waals surface area contributed by atoms with Crippen LogP contribution in [0, 0.1) is 0 Å². The largest absolute Gasteiger partial charge is 0.480 e. The molecule has 0 unspecified atom stereocenters. The Morgan fingerprint density at radius 2 is 1.97 bits per heavy atom. The molecule has 31 heavy (non-hydrogen) atoms. The van der Waals surface area contributed by atoms with Crippen LogP contribution in [0.5, 0.6) is 5.88 Å². The molecule has 2 aromatic heterocycles. The normalized spacial score (nSPS) is 14.6. The third-order valence-electron chi connectivity index (χ3n) is 4.37. The van der Waals surface area contributed by atoms with Gasteiger partial charge in [0.15, 0.2) is 11.5 Å². The molecule has 1 amide bonds. The number of nitrogens with one attached hydrogen (secondary N) is 1. The second kappa shape index (κ2) is 8.79. The van der Waals surface area contributed by atoms with Crippen molar-refractivity contribution < 1.29 is 22.7 Å². The van der Waals surface area contributed by atoms with Gasteiger partial charge < -0.3 is 10.1 Å². The standard InChI is InChI=1S/C19H16F3N5O2S2/c1-29-15-6-5-14(25-26-15)27-16(19(20,21)22)13(10-23-27)17(28)24-12-4-2-3-11(9-12)18-30-7-8-31-18/h2-6,9-10,18H,7-8H2,1H3,(H,24,28). The molecule has 3 heterocycles. The highest BCUT2D eigenvalue weighted by molar-refractivity contribution is 8.19. The lowest BCUT2D eigenvalue weighted by molar-refractivity contribution is -0.143. The fraction of sp³-hybridized carbons (Fsp3) is 0.263. The maximum absolute atomic E-state index is 13.8. The zero-order valence-corrected chi connectivity index (χ0v) is 17.7. The number of methoxy groups -OCH3 is 1. The minimum absolute atomic E-state index is 0.140. The first-order valence-corrected chi connectivity index (χ1v) is 11.1. The molecule has 0 saturated carbocycles. The summed E-state index contributed by atoms with van der Waals surface area (Å²) < 4.78 is 47.1. The van der Waals surface area contributed by atoms with E-state index in [2.05, 4.69) is 20.6 Å². The van der Waals surface area contributed by atoms with Crippen molar-refractivity contribution in [3.63, 3.8) is 0 Å². The number of aromatic nitrogens is 4. The molecule has 0 bridgehead atoms. The van der Waals surface area contributed by atoms with E-state index in [9.17, 15) is 18.0 Å². The van der Waals surface area contributed by atoms with Gasteiger partial charge in [-0.05, 0) is 23.8 Å². The number of anilines is 1. The summed E-state index contributed by atoms with van der Waals surface area (Å²) in [5.74, 6) is 1.11. The van der Waals surface area contributed by atoms with Crippen LogP contribution in [0.25, 0.3) is 5.82 Å². The summed E-state index contributed by atoms with van der Waals surface area (Å²) in [5, 5.41) is 13.6. The predicted molar refractivity (Wildman–Crippen MR) is 113 cm³/mol. The van der Waals surface area contributed by atoms with E-state index in [0.29, 0.717) is 10.4 Å². The lowest BCUT2D eigenvalue weighted by Crippen LogP contribution is -2.21. The van der Waals surface area contributed by atoms with Crippen LogP contribution in [-0.2, 0) is 6.18 Å². The number of carbonyl (C=O) groups excluding carboxylic acids is 1. The van der Waals surface area contributed by atoms with Gasteiger partial charge >= 0.3 is 6.18 Å². The molecule has 1 aromatic carbocycles. The number of nitrogens with zero attached hydrogens (tertiary/aromatic N) is 4. The summed E-state index contributed by atoms with van der Waals surface area (Å²) in [5.41, 5.74) is -0.422. The Labute approximate surface area is 183 Å². The number of amides is 1. The summed E-state index contributed by atoms with van der Waals surface area (Å²) in [4.78, 5) is 12.7. The van der Waals surface area contributed by atoms with Crippen LogP contribution >= 0.6 is 23.5 Å². The summed E-state index contributed by atoms with van der Waals surface area (Å²) in [7, 11) is 1.36. The highest BCUT2D eigenvalue weighted by Crippen LogP contribution is 2.45. The van der Waals surface area contributed by atoms with Gasteiger partial charge in [-0.1, -0.05) is 12.1 Å². The molecule has 0 radical (unpaired) electrons. The molecule has 1 N–H and O–H groups in total. The van der Waals surface area contributed by atoms with Crippen molar-refractivity contribution in [2.75, 3.05) is 23.9 Å². The Kier molecular flexibility index (Phi) is 6.10. The number of rotatable bonds is 5. The Hall–Kier alpha value is -2.73. The smallest absolute Gasteiger partial charge is 0.434 e. The molecule has 0 aliphatic carbocycles. The number of alkyl halides is 3. The van der Waals surface area contributed by atoms with Gasteiger partial charge in [-0.2, -0.15) is 18.3 Å². The number of ether oxygens (including phenoxy) is 1. The van der Waals surface area contributed by atoms with Crippen LogP contribution in [0.1, 0.15) is 26.2 Å². The Balaban J connectivity index is 1.64. The highest BCUT2D eigenvalue weighted by Gasteiger charge is 2.41. The van der Waals surface area contributed by atoms with Crippen LogP contribution in [0.3, 0.4) is 0 Å². The van der Waals surface area contributed by atoms with Gasteiger partial charge in [0.25, 0.3) is 5.91 Å². The van der Waals surface area contributed by atoms with E-state index in [4.69, 9.17) is 4.74 Å². The van der Waals surface area contributed by atoms with Gasteiger partial charge in [-0.3, -0.25) is 4.79 Å². The zero-order chi connectivity index (χ0) is 22.0. The monoisotopic (exact) mass is 467 g/mol. The van der Waals surface area contributed by atoms with E-state index >= 15 is 0 Å². The quantitative estimate of drug-likeness (QED) is 0.595. The summed E-state index contributed by atoms with van der Waals surface area (Å²) in [6.45, 7) is 0. The second-order valence-electron chi connectivity index (χ2n) is 6.40. The van der Waals surface area contributed by atoms with Crippen molar-refractivity contribution in [2.45, 2.75) is 10.8 Å². The molecular weight excluding hydrogens is 451 g/mol. The van der Waals surface area contributed by atoms with Crippen LogP contribution in [0.4, 0.5) is 18.9 Å². The molecule has 1 aliphatic heterocycles. The molecule has 162 valence electrons. The van der Waals surface area contributed by atoms with E-state index < -0.39 is 23.3 Å². The molecule has 1 saturated heterocycles. The number of hydrogen-bond acceptors (Lipinski definition) is 7. The van der Waals surface area contributed by atoms with Crippen LogP contribution in [-0.4, -0.2) is 44.5 Å². The van der Waals surface area contributed by atoms with Crippen molar-refractivity contribution in [1.82, 2.24) is 20.0 Å². The van der Waals surface area contributed by atoms with Crippen LogP contribution < -0.4 is 10.1 Å². The maximum atomic E-state index is 13.8. The SMILES string of the molecule is COc1ccc(-n2ncc(C(=O)Nc3cccc(C4SCCS4)c3)c2C(F)(F)F)nn1. The van der Waals surface area contributed by atoms with Gasteiger partial charge in [0.05, 0.1) is 23.5 Å². The van der Waals surface area contributed by atoms with Gasteiger partial charge in [0, 0.05) is 23.3 Å². The number of thioether (sulfide) groups is 2. The predicted octanol–water partition coefficient (Wildman–Crippen LogP) is 4.42. The van der Waals surface area contributed by atoms with E-state index in [1.807, 2.05) is 6.07 Å². The van der Waals surface area contributed by atoms with Crippen molar-refractivity contribution in [3.8, 4) is 11.7 Å². The van der Waals surface area contributed by atoms with E-state index in [1.165, 1.54) is 19.2 Å². The van der Waals surface area contributed by atoms with Crippen molar-refractivity contribution in [3.05, 3.63) is 59.4 Å². The van der Waals surface area contributed by atoms with E-state index in [1.54, 1.807) is 41.7 Å². The minimum Gasteiger partial charge on any atom is -0.480 e. The van der Waals surface area contributed by atoms with Crippen LogP contribution in [0.15, 0.2) is 42.6 Å². The van der Waals surface area contributed by atoms with E-state index in [0.717, 1.165) is 23.3 Å². The third kappa shape index (κ3) is 4.64.